The Morgan fingerprint density at radius 1 is 0.556 bits per heavy atom. The van der Waals surface area contributed by atoms with Crippen LogP contribution in [0.25, 0.3) is 0 Å². The van der Waals surface area contributed by atoms with Crippen molar-refractivity contribution < 1.29 is 37.9 Å². The maximum absolute atomic E-state index is 12.3. The third-order valence-electron chi connectivity index (χ3n) is 7.69. The molecule has 2 N–H and O–H groups in total. The highest BCUT2D eigenvalue weighted by atomic mass is 31.2. The zero-order chi connectivity index (χ0) is 33.3. The molecule has 45 heavy (non-hydrogen) atoms. The average Bonchev–Trinajstić information content (AvgIpc) is 3.00. The van der Waals surface area contributed by atoms with E-state index in [9.17, 15) is 14.2 Å². The number of phosphoric ester groups is 1. The van der Waals surface area contributed by atoms with Crippen LogP contribution in [-0.2, 0) is 28.2 Å². The van der Waals surface area contributed by atoms with Gasteiger partial charge in [-0.25, -0.2) is 4.57 Å². The predicted octanol–water partition coefficient (Wildman–Crippen LogP) is 10.5. The number of rotatable bonds is 33. The molecular weight excluding hydrogens is 591 g/mol. The van der Waals surface area contributed by atoms with Crippen LogP contribution in [0.3, 0.4) is 0 Å². The van der Waals surface area contributed by atoms with Gasteiger partial charge in [0.25, 0.3) is 0 Å². The predicted molar refractivity (Wildman–Crippen MR) is 184 cm³/mol. The van der Waals surface area contributed by atoms with Crippen molar-refractivity contribution in [2.75, 3.05) is 13.2 Å². The van der Waals surface area contributed by atoms with Crippen molar-refractivity contribution in [1.82, 2.24) is 0 Å². The van der Waals surface area contributed by atoms with E-state index < -0.39 is 32.5 Å². The van der Waals surface area contributed by atoms with Gasteiger partial charge in [-0.05, 0) is 64.2 Å². The van der Waals surface area contributed by atoms with Crippen LogP contribution in [0.4, 0.5) is 0 Å². The van der Waals surface area contributed by atoms with Gasteiger partial charge in [0.1, 0.15) is 6.61 Å². The van der Waals surface area contributed by atoms with Gasteiger partial charge >= 0.3 is 19.8 Å². The molecule has 0 saturated carbocycles. The molecule has 0 rings (SSSR count). The second kappa shape index (κ2) is 32.5. The molecule has 0 bridgehead atoms. The molecule has 0 aliphatic carbocycles. The Hall–Kier alpha value is -1.47. The number of carbonyl (C=O) groups excluding carboxylic acids is 2. The SMILES string of the molecule is CCCCCC/C=C\CCCCCCCC(=O)O[C@H](COC(=O)CCCCCCC/C=C\CCCCCCC)COP(=O)(O)O. The molecule has 0 aromatic heterocycles. The number of hydrogen-bond acceptors (Lipinski definition) is 6. The summed E-state index contributed by atoms with van der Waals surface area (Å²) in [6.45, 7) is 3.63. The second-order valence-corrected chi connectivity index (χ2v) is 13.4. The lowest BCUT2D eigenvalue weighted by atomic mass is 10.1. The lowest BCUT2D eigenvalue weighted by molar-refractivity contribution is -0.161. The molecule has 0 aliphatic rings. The van der Waals surface area contributed by atoms with E-state index in [1.165, 1.54) is 70.6 Å². The molecule has 0 unspecified atom stereocenters. The first-order chi connectivity index (χ1) is 21.8. The Balaban J connectivity index is 4.01. The maximum atomic E-state index is 12.3. The van der Waals surface area contributed by atoms with E-state index in [4.69, 9.17) is 19.3 Å². The summed E-state index contributed by atoms with van der Waals surface area (Å²) in [5.41, 5.74) is 0. The van der Waals surface area contributed by atoms with Crippen LogP contribution in [0.5, 0.6) is 0 Å². The van der Waals surface area contributed by atoms with Crippen LogP contribution in [0, 0.1) is 0 Å². The summed E-state index contributed by atoms with van der Waals surface area (Å²) in [5.74, 6) is -0.904. The lowest BCUT2D eigenvalue weighted by Crippen LogP contribution is -2.29. The highest BCUT2D eigenvalue weighted by molar-refractivity contribution is 7.46. The van der Waals surface area contributed by atoms with Crippen molar-refractivity contribution in [3.8, 4) is 0 Å². The van der Waals surface area contributed by atoms with Crippen molar-refractivity contribution in [2.45, 2.75) is 180 Å². The Morgan fingerprint density at radius 3 is 1.38 bits per heavy atom. The summed E-state index contributed by atoms with van der Waals surface area (Å²) in [5, 5.41) is 0. The quantitative estimate of drug-likeness (QED) is 0.0309. The normalized spacial score (nSPS) is 12.7. The summed E-state index contributed by atoms with van der Waals surface area (Å²) < 4.78 is 26.2. The van der Waals surface area contributed by atoms with E-state index in [0.717, 1.165) is 64.2 Å². The lowest BCUT2D eigenvalue weighted by Gasteiger charge is -2.18. The first kappa shape index (κ1) is 43.5. The standard InChI is InChI=1S/C36H67O8P/c1-3-5-7-9-11-13-15-17-19-20-22-24-26-28-30-35(37)42-32-34(33-43-45(39,40)41)44-36(38)31-29-27-25-23-21-18-16-14-12-10-8-6-4-2/h14-17,34H,3-13,18-33H2,1-2H3,(H2,39,40,41)/b16-14-,17-15-/t34-/m1/s1. The van der Waals surface area contributed by atoms with Crippen molar-refractivity contribution in [3.05, 3.63) is 24.3 Å². The third-order valence-corrected chi connectivity index (χ3v) is 8.18. The van der Waals surface area contributed by atoms with Gasteiger partial charge in [0.2, 0.25) is 0 Å². The number of hydrogen-bond donors (Lipinski definition) is 2. The molecule has 0 fully saturated rings. The molecule has 0 radical (unpaired) electrons. The molecule has 9 heteroatoms. The van der Waals surface area contributed by atoms with Crippen LogP contribution >= 0.6 is 7.82 Å². The van der Waals surface area contributed by atoms with E-state index in [2.05, 4.69) is 42.7 Å². The highest BCUT2D eigenvalue weighted by Gasteiger charge is 2.22. The van der Waals surface area contributed by atoms with Gasteiger partial charge in [-0.15, -0.1) is 0 Å². The topological polar surface area (TPSA) is 119 Å². The zero-order valence-corrected chi connectivity index (χ0v) is 29.7. The van der Waals surface area contributed by atoms with Crippen molar-refractivity contribution in [1.29, 1.82) is 0 Å². The van der Waals surface area contributed by atoms with E-state index in [-0.39, 0.29) is 19.4 Å². The number of unbranched alkanes of at least 4 members (excludes halogenated alkanes) is 19. The first-order valence-corrected chi connectivity index (χ1v) is 19.7. The van der Waals surface area contributed by atoms with Crippen LogP contribution < -0.4 is 0 Å². The van der Waals surface area contributed by atoms with Gasteiger partial charge in [-0.1, -0.05) is 122 Å². The average molecular weight is 659 g/mol. The summed E-state index contributed by atoms with van der Waals surface area (Å²) in [6, 6.07) is 0. The van der Waals surface area contributed by atoms with Gasteiger partial charge in [0.15, 0.2) is 6.10 Å². The van der Waals surface area contributed by atoms with Crippen molar-refractivity contribution in [2.24, 2.45) is 0 Å². The minimum atomic E-state index is -4.75. The minimum Gasteiger partial charge on any atom is -0.462 e. The van der Waals surface area contributed by atoms with Gasteiger partial charge in [0.05, 0.1) is 6.61 Å². The molecule has 0 aliphatic heterocycles. The minimum absolute atomic E-state index is 0.201. The zero-order valence-electron chi connectivity index (χ0n) is 28.8. The van der Waals surface area contributed by atoms with Crippen molar-refractivity contribution >= 4 is 19.8 Å². The summed E-state index contributed by atoms with van der Waals surface area (Å²) in [6.07, 6.45) is 34.7. The van der Waals surface area contributed by atoms with Crippen LogP contribution in [0.2, 0.25) is 0 Å². The highest BCUT2D eigenvalue weighted by Crippen LogP contribution is 2.36. The third kappa shape index (κ3) is 35.2. The summed E-state index contributed by atoms with van der Waals surface area (Å²) in [4.78, 5) is 42.6. The molecule has 0 aromatic carbocycles. The van der Waals surface area contributed by atoms with Gasteiger partial charge in [0, 0.05) is 12.8 Å². The fraction of sp³-hybridized carbons (Fsp3) is 0.833. The molecular formula is C36H67O8P. The van der Waals surface area contributed by atoms with Crippen LogP contribution in [0.15, 0.2) is 24.3 Å². The largest absolute Gasteiger partial charge is 0.469 e. The molecule has 0 saturated heterocycles. The van der Waals surface area contributed by atoms with Gasteiger partial charge in [-0.2, -0.15) is 0 Å². The second-order valence-electron chi connectivity index (χ2n) is 12.2. The number of phosphoric acid groups is 1. The smallest absolute Gasteiger partial charge is 0.462 e. The fourth-order valence-electron chi connectivity index (χ4n) is 4.95. The van der Waals surface area contributed by atoms with Crippen LogP contribution in [0.1, 0.15) is 174 Å². The molecule has 264 valence electrons. The molecule has 1 atom stereocenters. The number of allylic oxidation sites excluding steroid dienone is 4. The Labute approximate surface area is 275 Å². The molecule has 8 nitrogen and oxygen atoms in total. The fourth-order valence-corrected chi connectivity index (χ4v) is 5.31. The summed E-state index contributed by atoms with van der Waals surface area (Å²) in [7, 11) is -4.75. The van der Waals surface area contributed by atoms with Crippen molar-refractivity contribution in [3.63, 3.8) is 0 Å². The Kier molecular flexibility index (Phi) is 31.4. The van der Waals surface area contributed by atoms with Crippen LogP contribution in [-0.4, -0.2) is 41.0 Å². The number of ether oxygens (including phenoxy) is 2. The monoisotopic (exact) mass is 658 g/mol. The Bertz CT molecular complexity index is 792. The molecule has 0 amide bonds. The summed E-state index contributed by atoms with van der Waals surface area (Å²) >= 11 is 0. The van der Waals surface area contributed by atoms with E-state index in [1.807, 2.05) is 0 Å². The first-order valence-electron chi connectivity index (χ1n) is 18.1. The molecule has 0 aromatic rings. The van der Waals surface area contributed by atoms with E-state index >= 15 is 0 Å². The molecule has 0 spiro atoms. The van der Waals surface area contributed by atoms with E-state index in [0.29, 0.717) is 12.8 Å². The van der Waals surface area contributed by atoms with Gasteiger partial charge in [-0.3, -0.25) is 14.1 Å². The molecule has 0 heterocycles. The van der Waals surface area contributed by atoms with E-state index in [1.54, 1.807) is 0 Å². The number of esters is 2. The van der Waals surface area contributed by atoms with Gasteiger partial charge < -0.3 is 19.3 Å². The number of carbonyl (C=O) groups is 2. The maximum Gasteiger partial charge on any atom is 0.469 e. The Morgan fingerprint density at radius 2 is 0.933 bits per heavy atom.